The first kappa shape index (κ1) is 34.0. The van der Waals surface area contributed by atoms with Crippen molar-refractivity contribution in [1.29, 1.82) is 0 Å². The van der Waals surface area contributed by atoms with Crippen molar-refractivity contribution < 1.29 is 28.7 Å². The van der Waals surface area contributed by atoms with Crippen LogP contribution in [0.5, 0.6) is 0 Å². The van der Waals surface area contributed by atoms with Gasteiger partial charge in [-0.25, -0.2) is 0 Å². The molecule has 0 aromatic heterocycles. The van der Waals surface area contributed by atoms with E-state index in [-0.39, 0.29) is 23.5 Å². The molecule has 0 aromatic rings. The maximum atomic E-state index is 12.1. The van der Waals surface area contributed by atoms with Crippen LogP contribution in [0.1, 0.15) is 155 Å². The highest BCUT2D eigenvalue weighted by Gasteiger charge is 2.32. The van der Waals surface area contributed by atoms with E-state index in [2.05, 4.69) is 13.8 Å². The summed E-state index contributed by atoms with van der Waals surface area (Å²) in [5, 5.41) is -0.618. The summed E-state index contributed by atoms with van der Waals surface area (Å²) in [6.07, 6.45) is 22.1. The van der Waals surface area contributed by atoms with Crippen molar-refractivity contribution in [1.82, 2.24) is 0 Å². The Morgan fingerprint density at radius 3 is 0.824 bits per heavy atom. The molecule has 0 saturated carbocycles. The molecule has 0 radical (unpaired) electrons. The molecule has 0 bridgehead atoms. The summed E-state index contributed by atoms with van der Waals surface area (Å²) in [5.41, 5.74) is 0. The van der Waals surface area contributed by atoms with Crippen LogP contribution in [-0.4, -0.2) is 19.6 Å². The molecule has 0 aliphatic rings. The van der Waals surface area contributed by atoms with E-state index in [4.69, 9.17) is 0 Å². The molecule has 0 heterocycles. The van der Waals surface area contributed by atoms with E-state index in [0.717, 1.165) is 38.5 Å². The van der Waals surface area contributed by atoms with Gasteiger partial charge in [-0.15, -0.1) is 0 Å². The molecule has 34 heavy (non-hydrogen) atoms. The van der Waals surface area contributed by atoms with Gasteiger partial charge in [0, 0.05) is 0 Å². The van der Waals surface area contributed by atoms with Gasteiger partial charge < -0.3 is 19.6 Å². The molecule has 0 aromatic carbocycles. The first-order valence-electron chi connectivity index (χ1n) is 14.0. The predicted molar refractivity (Wildman–Crippen MR) is 144 cm³/mol. The van der Waals surface area contributed by atoms with Crippen molar-refractivity contribution in [2.45, 2.75) is 155 Å². The van der Waals surface area contributed by atoms with Gasteiger partial charge in [-0.2, -0.15) is 0 Å². The van der Waals surface area contributed by atoms with E-state index in [1.807, 2.05) is 0 Å². The van der Waals surface area contributed by atoms with Gasteiger partial charge in [-0.1, -0.05) is 129 Å². The highest BCUT2D eigenvalue weighted by Crippen LogP contribution is 2.59. The Labute approximate surface area is 209 Å². The Balaban J connectivity index is 4.48. The SMILES string of the molecule is CCCCCCCCCCCCC(=C(CCCCCCCCCCCC)P(=O)(O)O)P(=O)(O)O. The highest BCUT2D eigenvalue weighted by atomic mass is 31.2. The van der Waals surface area contributed by atoms with Gasteiger partial charge in [0.1, 0.15) is 0 Å². The Kier molecular flexibility index (Phi) is 21.2. The lowest BCUT2D eigenvalue weighted by atomic mass is 10.0. The Hall–Kier alpha value is 0.0400. The van der Waals surface area contributed by atoms with E-state index >= 15 is 0 Å². The zero-order valence-corrected chi connectivity index (χ0v) is 23.8. The molecule has 0 saturated heterocycles. The third kappa shape index (κ3) is 19.3. The predicted octanol–water partition coefficient (Wildman–Crippen LogP) is 9.18. The number of rotatable bonds is 24. The van der Waals surface area contributed by atoms with Gasteiger partial charge in [0.05, 0.1) is 10.6 Å². The quantitative estimate of drug-likeness (QED) is 0.0739. The van der Waals surface area contributed by atoms with Crippen molar-refractivity contribution in [3.05, 3.63) is 10.6 Å². The standard InChI is InChI=1S/C26H54O6P2/c1-3-5-7-9-11-13-15-17-19-21-23-25(33(27,28)29)26(34(30,31)32)24-22-20-18-16-14-12-10-8-6-4-2/h3-24H2,1-2H3,(H2,27,28,29)(H2,30,31,32). The van der Waals surface area contributed by atoms with E-state index in [1.54, 1.807) is 0 Å². The first-order chi connectivity index (χ1) is 16.1. The second kappa shape index (κ2) is 21.2. The van der Waals surface area contributed by atoms with Crippen LogP contribution in [0.25, 0.3) is 0 Å². The van der Waals surface area contributed by atoms with Gasteiger partial charge >= 0.3 is 15.2 Å². The van der Waals surface area contributed by atoms with Crippen LogP contribution in [0.15, 0.2) is 10.6 Å². The molecule has 0 atom stereocenters. The minimum absolute atomic E-state index is 0.0684. The topological polar surface area (TPSA) is 115 Å². The third-order valence-electron chi connectivity index (χ3n) is 6.57. The number of allylic oxidation sites excluding steroid dienone is 2. The molecule has 8 heteroatoms. The summed E-state index contributed by atoms with van der Waals surface area (Å²) in [6, 6.07) is 0. The van der Waals surface area contributed by atoms with E-state index in [0.29, 0.717) is 12.8 Å². The molecule has 0 aliphatic heterocycles. The van der Waals surface area contributed by atoms with Gasteiger partial charge in [0.2, 0.25) is 0 Å². The van der Waals surface area contributed by atoms with Crippen molar-refractivity contribution >= 4 is 15.2 Å². The maximum absolute atomic E-state index is 12.1. The molecule has 0 aliphatic carbocycles. The fourth-order valence-electron chi connectivity index (χ4n) is 4.48. The van der Waals surface area contributed by atoms with Crippen molar-refractivity contribution in [3.63, 3.8) is 0 Å². The Morgan fingerprint density at radius 2 is 0.618 bits per heavy atom. The van der Waals surface area contributed by atoms with Crippen molar-refractivity contribution in [3.8, 4) is 0 Å². The van der Waals surface area contributed by atoms with Crippen LogP contribution in [0.2, 0.25) is 0 Å². The Bertz CT molecular complexity index is 556. The molecular formula is C26H54O6P2. The molecule has 0 fully saturated rings. The molecule has 204 valence electrons. The Morgan fingerprint density at radius 1 is 0.412 bits per heavy atom. The monoisotopic (exact) mass is 524 g/mol. The van der Waals surface area contributed by atoms with Crippen LogP contribution in [0.4, 0.5) is 0 Å². The maximum Gasteiger partial charge on any atom is 0.352 e. The third-order valence-corrected chi connectivity index (χ3v) is 9.14. The summed E-state index contributed by atoms with van der Waals surface area (Å²) in [7, 11) is -9.40. The molecule has 6 nitrogen and oxygen atoms in total. The largest absolute Gasteiger partial charge is 0.352 e. The number of hydrogen-bond acceptors (Lipinski definition) is 2. The summed E-state index contributed by atoms with van der Waals surface area (Å²) >= 11 is 0. The molecule has 0 unspecified atom stereocenters. The highest BCUT2D eigenvalue weighted by molar-refractivity contribution is 7.61. The van der Waals surface area contributed by atoms with Gasteiger partial charge in [0.15, 0.2) is 0 Å². The molecule has 4 N–H and O–H groups in total. The lowest BCUT2D eigenvalue weighted by Crippen LogP contribution is -1.98. The number of unbranched alkanes of at least 4 members (excludes halogenated alkanes) is 18. The normalized spacial score (nSPS) is 13.4. The van der Waals surface area contributed by atoms with Crippen LogP contribution in [0.3, 0.4) is 0 Å². The first-order valence-corrected chi connectivity index (χ1v) is 17.2. The molecular weight excluding hydrogens is 470 g/mol. The van der Waals surface area contributed by atoms with Gasteiger partial charge in [0.25, 0.3) is 0 Å². The van der Waals surface area contributed by atoms with Crippen LogP contribution >= 0.6 is 15.2 Å². The minimum atomic E-state index is -4.70. The van der Waals surface area contributed by atoms with E-state index in [9.17, 15) is 28.7 Å². The average molecular weight is 525 g/mol. The number of hydrogen-bond donors (Lipinski definition) is 4. The summed E-state index contributed by atoms with van der Waals surface area (Å²) < 4.78 is 24.2. The van der Waals surface area contributed by atoms with E-state index in [1.165, 1.54) is 77.0 Å². The van der Waals surface area contributed by atoms with Crippen LogP contribution in [-0.2, 0) is 9.13 Å². The fraction of sp³-hybridized carbons (Fsp3) is 0.923. The summed E-state index contributed by atoms with van der Waals surface area (Å²) in [4.78, 5) is 39.3. The van der Waals surface area contributed by atoms with E-state index < -0.39 is 15.2 Å². The van der Waals surface area contributed by atoms with Crippen LogP contribution in [0, 0.1) is 0 Å². The minimum Gasteiger partial charge on any atom is -0.321 e. The molecule has 0 spiro atoms. The second-order valence-corrected chi connectivity index (χ2v) is 13.1. The molecule has 0 amide bonds. The van der Waals surface area contributed by atoms with Gasteiger partial charge in [-0.3, -0.25) is 9.13 Å². The lowest BCUT2D eigenvalue weighted by Gasteiger charge is -2.18. The molecule has 0 rings (SSSR count). The zero-order chi connectivity index (χ0) is 25.7. The fourth-order valence-corrected chi connectivity index (χ4v) is 7.05. The van der Waals surface area contributed by atoms with Gasteiger partial charge in [-0.05, 0) is 25.7 Å². The van der Waals surface area contributed by atoms with Crippen molar-refractivity contribution in [2.75, 3.05) is 0 Å². The zero-order valence-electron chi connectivity index (χ0n) is 22.1. The smallest absolute Gasteiger partial charge is 0.321 e. The average Bonchev–Trinajstić information content (AvgIpc) is 2.75. The summed E-state index contributed by atoms with van der Waals surface area (Å²) in [5.74, 6) is 0. The summed E-state index contributed by atoms with van der Waals surface area (Å²) in [6.45, 7) is 4.41. The van der Waals surface area contributed by atoms with Crippen LogP contribution < -0.4 is 0 Å². The van der Waals surface area contributed by atoms with Crippen molar-refractivity contribution in [2.24, 2.45) is 0 Å². The lowest BCUT2D eigenvalue weighted by molar-refractivity contribution is 0.369. The second-order valence-electron chi connectivity index (χ2n) is 9.85.